The molecule has 0 atom stereocenters. The number of carbonyl (C=O) groups excluding carboxylic acids is 1. The van der Waals surface area contributed by atoms with Crippen LogP contribution >= 0.6 is 12.6 Å². The lowest BCUT2D eigenvalue weighted by molar-refractivity contribution is -0.116. The van der Waals surface area contributed by atoms with Crippen molar-refractivity contribution in [1.82, 2.24) is 5.32 Å². The van der Waals surface area contributed by atoms with Gasteiger partial charge in [-0.1, -0.05) is 58.1 Å². The summed E-state index contributed by atoms with van der Waals surface area (Å²) in [5.74, 6) is 0.418. The normalized spacial score (nSPS) is 9.62. The van der Waals surface area contributed by atoms with Crippen LogP contribution in [0.3, 0.4) is 0 Å². The van der Waals surface area contributed by atoms with Crippen molar-refractivity contribution in [3.8, 4) is 0 Å². The Morgan fingerprint density at radius 3 is 1.96 bits per heavy atom. The molecule has 0 aliphatic carbocycles. The third-order valence-electron chi connectivity index (χ3n) is 2.52. The zero-order valence-corrected chi connectivity index (χ0v) is 17.4. The maximum absolute atomic E-state index is 12.5. The fraction of sp³-hybridized carbons (Fsp3) is 0.550. The van der Waals surface area contributed by atoms with Gasteiger partial charge in [-0.05, 0) is 44.9 Å². The van der Waals surface area contributed by atoms with Gasteiger partial charge in [-0.2, -0.15) is 12.6 Å². The average molecular weight is 358 g/mol. The molecular weight excluding hydrogens is 321 g/mol. The van der Waals surface area contributed by atoms with Crippen LogP contribution in [0.2, 0.25) is 0 Å². The molecule has 0 heterocycles. The molecule has 0 aliphatic heterocycles. The molecule has 1 N–H and O–H groups in total. The molecule has 0 unspecified atom stereocenters. The summed E-state index contributed by atoms with van der Waals surface area (Å²) in [5, 5.41) is 2.49. The number of allylic oxidation sites excluding steroid dienone is 4. The Balaban J connectivity index is -0.00000102. The first-order valence-corrected chi connectivity index (χ1v) is 9.16. The summed E-state index contributed by atoms with van der Waals surface area (Å²) < 4.78 is 12.5. The standard InChI is InChI=1S/C16H24FNOS.2C2H6/c1-11(2)9-14(7-6-8-20)15(12(3)4)16(19)18-13(5)10-17;2*1-2/h9,20H,1,5-8,10H2,2-4H3,(H,18,19);2*1-2H3/b14-9-;;. The molecule has 0 rings (SSSR count). The van der Waals surface area contributed by atoms with Crippen molar-refractivity contribution in [2.75, 3.05) is 12.4 Å². The minimum atomic E-state index is -0.766. The third kappa shape index (κ3) is 13.2. The van der Waals surface area contributed by atoms with Gasteiger partial charge < -0.3 is 5.32 Å². The van der Waals surface area contributed by atoms with Crippen LogP contribution in [-0.4, -0.2) is 18.3 Å². The Hall–Kier alpha value is -1.29. The Morgan fingerprint density at radius 2 is 1.62 bits per heavy atom. The number of alkyl halides is 1. The monoisotopic (exact) mass is 357 g/mol. The van der Waals surface area contributed by atoms with E-state index in [9.17, 15) is 9.18 Å². The number of thiol groups is 1. The minimum Gasteiger partial charge on any atom is -0.324 e. The maximum atomic E-state index is 12.5. The van der Waals surface area contributed by atoms with Gasteiger partial charge in [0.2, 0.25) is 0 Å². The van der Waals surface area contributed by atoms with Crippen LogP contribution in [-0.2, 0) is 4.79 Å². The molecule has 0 bridgehead atoms. The van der Waals surface area contributed by atoms with E-state index in [1.54, 1.807) is 0 Å². The quantitative estimate of drug-likeness (QED) is 0.303. The van der Waals surface area contributed by atoms with Crippen LogP contribution in [0.5, 0.6) is 0 Å². The zero-order chi connectivity index (χ0) is 19.7. The zero-order valence-electron chi connectivity index (χ0n) is 16.6. The molecule has 2 nitrogen and oxygen atoms in total. The fourth-order valence-electron chi connectivity index (χ4n) is 1.79. The second-order valence-corrected chi connectivity index (χ2v) is 5.36. The molecule has 0 aliphatic rings. The van der Waals surface area contributed by atoms with Gasteiger partial charge in [0.25, 0.3) is 5.91 Å². The van der Waals surface area contributed by atoms with Crippen LogP contribution in [0.4, 0.5) is 4.39 Å². The lowest BCUT2D eigenvalue weighted by atomic mass is 9.95. The van der Waals surface area contributed by atoms with Gasteiger partial charge in [0.1, 0.15) is 6.67 Å². The van der Waals surface area contributed by atoms with Crippen LogP contribution in [0, 0.1) is 0 Å². The van der Waals surface area contributed by atoms with E-state index in [-0.39, 0.29) is 11.6 Å². The summed E-state index contributed by atoms with van der Waals surface area (Å²) in [7, 11) is 0. The largest absolute Gasteiger partial charge is 0.324 e. The fourth-order valence-corrected chi connectivity index (χ4v) is 1.94. The van der Waals surface area contributed by atoms with Crippen LogP contribution < -0.4 is 5.32 Å². The molecule has 0 saturated heterocycles. The van der Waals surface area contributed by atoms with Crippen molar-refractivity contribution in [2.45, 2.75) is 61.3 Å². The second-order valence-electron chi connectivity index (χ2n) is 4.91. The molecule has 0 saturated carbocycles. The van der Waals surface area contributed by atoms with Gasteiger partial charge in [-0.15, -0.1) is 0 Å². The summed E-state index contributed by atoms with van der Waals surface area (Å²) >= 11 is 4.20. The van der Waals surface area contributed by atoms with E-state index in [0.717, 1.165) is 35.3 Å². The summed E-state index contributed by atoms with van der Waals surface area (Å²) in [5.41, 5.74) is 3.29. The average Bonchev–Trinajstić information content (AvgIpc) is 2.55. The molecule has 4 heteroatoms. The van der Waals surface area contributed by atoms with Gasteiger partial charge in [0.15, 0.2) is 0 Å². The molecule has 0 aromatic carbocycles. The van der Waals surface area contributed by atoms with Crippen LogP contribution in [0.1, 0.15) is 61.3 Å². The molecule has 24 heavy (non-hydrogen) atoms. The highest BCUT2D eigenvalue weighted by molar-refractivity contribution is 7.80. The van der Waals surface area contributed by atoms with E-state index in [1.807, 2.05) is 54.5 Å². The lowest BCUT2D eigenvalue weighted by Gasteiger charge is -2.15. The van der Waals surface area contributed by atoms with Crippen LogP contribution in [0.25, 0.3) is 0 Å². The van der Waals surface area contributed by atoms with Crippen molar-refractivity contribution in [3.63, 3.8) is 0 Å². The Labute approximate surface area is 154 Å². The molecule has 0 spiro atoms. The molecule has 0 aromatic heterocycles. The predicted octanol–water partition coefficient (Wildman–Crippen LogP) is 6.19. The summed E-state index contributed by atoms with van der Waals surface area (Å²) in [6, 6.07) is 0. The molecule has 0 fully saturated rings. The van der Waals surface area contributed by atoms with Gasteiger partial charge in [0.05, 0.1) is 0 Å². The van der Waals surface area contributed by atoms with E-state index in [0.29, 0.717) is 5.57 Å². The first-order chi connectivity index (χ1) is 11.3. The van der Waals surface area contributed by atoms with E-state index >= 15 is 0 Å². The molecule has 1 amide bonds. The number of rotatable bonds is 8. The molecule has 0 radical (unpaired) electrons. The highest BCUT2D eigenvalue weighted by Gasteiger charge is 2.16. The number of nitrogens with one attached hydrogen (secondary N) is 1. The predicted molar refractivity (Wildman–Crippen MR) is 110 cm³/mol. The van der Waals surface area contributed by atoms with E-state index < -0.39 is 6.67 Å². The van der Waals surface area contributed by atoms with Crippen LogP contribution in [0.15, 0.2) is 47.2 Å². The molecule has 140 valence electrons. The van der Waals surface area contributed by atoms with E-state index in [2.05, 4.69) is 31.1 Å². The second kappa shape index (κ2) is 18.1. The Morgan fingerprint density at radius 1 is 1.12 bits per heavy atom. The summed E-state index contributed by atoms with van der Waals surface area (Å²) in [6.07, 6.45) is 3.48. The van der Waals surface area contributed by atoms with Crippen molar-refractivity contribution in [3.05, 3.63) is 47.2 Å². The first kappa shape index (κ1) is 27.6. The molecule has 0 aromatic rings. The number of amides is 1. The summed E-state index contributed by atoms with van der Waals surface area (Å²) in [6.45, 7) is 20.1. The SMILES string of the molecule is C=C(C)/C=C(/CCCS)C(C(=O)NC(=C)CF)=C(C)C.CC.CC. The highest BCUT2D eigenvalue weighted by Crippen LogP contribution is 2.22. The third-order valence-corrected chi connectivity index (χ3v) is 2.84. The van der Waals surface area contributed by atoms with Crippen molar-refractivity contribution in [2.24, 2.45) is 0 Å². The van der Waals surface area contributed by atoms with Crippen molar-refractivity contribution >= 4 is 18.5 Å². The number of carbonyl (C=O) groups is 1. The van der Waals surface area contributed by atoms with Gasteiger partial charge >= 0.3 is 0 Å². The Bertz CT molecular complexity index is 447. The van der Waals surface area contributed by atoms with Crippen molar-refractivity contribution in [1.29, 1.82) is 0 Å². The van der Waals surface area contributed by atoms with Gasteiger partial charge in [-0.25, -0.2) is 4.39 Å². The number of halogens is 1. The van der Waals surface area contributed by atoms with E-state index in [4.69, 9.17) is 0 Å². The van der Waals surface area contributed by atoms with Crippen molar-refractivity contribution < 1.29 is 9.18 Å². The maximum Gasteiger partial charge on any atom is 0.255 e. The topological polar surface area (TPSA) is 29.1 Å². The Kier molecular flexibility index (Phi) is 20.7. The van der Waals surface area contributed by atoms with E-state index in [1.165, 1.54) is 0 Å². The minimum absolute atomic E-state index is 0.0672. The molecular formula is C20H36FNOS. The summed E-state index contributed by atoms with van der Waals surface area (Å²) in [4.78, 5) is 12.3. The number of hydrogen-bond acceptors (Lipinski definition) is 2. The lowest BCUT2D eigenvalue weighted by Crippen LogP contribution is -2.26. The first-order valence-electron chi connectivity index (χ1n) is 8.53. The highest BCUT2D eigenvalue weighted by atomic mass is 32.1. The smallest absolute Gasteiger partial charge is 0.255 e. The van der Waals surface area contributed by atoms with Gasteiger partial charge in [0, 0.05) is 11.3 Å². The number of hydrogen-bond donors (Lipinski definition) is 2. The van der Waals surface area contributed by atoms with Gasteiger partial charge in [-0.3, -0.25) is 4.79 Å².